The second-order valence-electron chi connectivity index (χ2n) is 4.11. The van der Waals surface area contributed by atoms with Gasteiger partial charge in [-0.15, -0.1) is 0 Å². The molecule has 2 aromatic carbocycles. The van der Waals surface area contributed by atoms with E-state index >= 15 is 0 Å². The fourth-order valence-corrected chi connectivity index (χ4v) is 1.72. The van der Waals surface area contributed by atoms with E-state index in [0.29, 0.717) is 12.2 Å². The minimum Gasteiger partial charge on any atom is -0.478 e. The highest BCUT2D eigenvalue weighted by Crippen LogP contribution is 2.31. The number of nitrogens with zero attached hydrogens (tertiary/aromatic N) is 1. The van der Waals surface area contributed by atoms with Crippen LogP contribution in [0.15, 0.2) is 42.5 Å². The number of nitrogen functional groups attached to an aromatic ring is 1. The van der Waals surface area contributed by atoms with Gasteiger partial charge in [0.1, 0.15) is 11.3 Å². The van der Waals surface area contributed by atoms with Crippen LogP contribution in [0.3, 0.4) is 0 Å². The Morgan fingerprint density at radius 1 is 1.25 bits per heavy atom. The van der Waals surface area contributed by atoms with Gasteiger partial charge in [-0.05, 0) is 29.8 Å². The molecule has 0 aliphatic heterocycles. The quantitative estimate of drug-likeness (QED) is 0.831. The van der Waals surface area contributed by atoms with Crippen LogP contribution in [0.4, 0.5) is 5.69 Å². The Hall–Kier alpha value is -3.00. The number of carbonyl (C=O) groups is 1. The number of hydrogen-bond acceptors (Lipinski definition) is 4. The number of benzene rings is 2. The summed E-state index contributed by atoms with van der Waals surface area (Å²) in [4.78, 5) is 11.1. The predicted octanol–water partition coefficient (Wildman–Crippen LogP) is 2.83. The number of anilines is 1. The second kappa shape index (κ2) is 5.76. The maximum atomic E-state index is 11.1. The molecule has 0 saturated heterocycles. The first-order valence-electron chi connectivity index (χ1n) is 5.87. The van der Waals surface area contributed by atoms with Crippen molar-refractivity contribution in [2.45, 2.75) is 6.42 Å². The third-order valence-corrected chi connectivity index (χ3v) is 2.70. The lowest BCUT2D eigenvalue weighted by Gasteiger charge is -2.11. The Kier molecular flexibility index (Phi) is 3.87. The largest absolute Gasteiger partial charge is 0.478 e. The molecule has 100 valence electrons. The van der Waals surface area contributed by atoms with Gasteiger partial charge in [-0.3, -0.25) is 0 Å². The van der Waals surface area contributed by atoms with E-state index in [1.54, 1.807) is 36.4 Å². The first-order chi connectivity index (χ1) is 9.61. The summed E-state index contributed by atoms with van der Waals surface area (Å²) in [6.45, 7) is 0. The zero-order chi connectivity index (χ0) is 14.5. The molecular formula is C15H12N2O3. The van der Waals surface area contributed by atoms with Crippen molar-refractivity contribution in [3.05, 3.63) is 53.6 Å². The molecule has 0 aliphatic carbocycles. The van der Waals surface area contributed by atoms with Gasteiger partial charge < -0.3 is 15.6 Å². The topological polar surface area (TPSA) is 96.3 Å². The fourth-order valence-electron chi connectivity index (χ4n) is 1.72. The molecule has 5 heteroatoms. The molecule has 0 atom stereocenters. The van der Waals surface area contributed by atoms with E-state index in [9.17, 15) is 4.79 Å². The van der Waals surface area contributed by atoms with Crippen LogP contribution >= 0.6 is 0 Å². The summed E-state index contributed by atoms with van der Waals surface area (Å²) in [5, 5.41) is 17.7. The molecule has 0 radical (unpaired) electrons. The first-order valence-corrected chi connectivity index (χ1v) is 5.87. The van der Waals surface area contributed by atoms with Crippen molar-refractivity contribution in [3.8, 4) is 17.6 Å². The fraction of sp³-hybridized carbons (Fsp3) is 0.0667. The summed E-state index contributed by atoms with van der Waals surface area (Å²) in [7, 11) is 0. The summed E-state index contributed by atoms with van der Waals surface area (Å²) in [5.74, 6) is -0.520. The Morgan fingerprint density at radius 3 is 2.55 bits per heavy atom. The van der Waals surface area contributed by atoms with Crippen LogP contribution < -0.4 is 10.5 Å². The number of rotatable bonds is 4. The van der Waals surface area contributed by atoms with Crippen LogP contribution in [0.25, 0.3) is 0 Å². The molecule has 0 aromatic heterocycles. The average molecular weight is 268 g/mol. The van der Waals surface area contributed by atoms with Gasteiger partial charge in [0.15, 0.2) is 5.75 Å². The Balaban J connectivity index is 2.30. The first kappa shape index (κ1) is 13.4. The van der Waals surface area contributed by atoms with Crippen LogP contribution in [0.5, 0.6) is 11.5 Å². The summed E-state index contributed by atoms with van der Waals surface area (Å²) in [5.41, 5.74) is 6.87. The summed E-state index contributed by atoms with van der Waals surface area (Å²) >= 11 is 0. The van der Waals surface area contributed by atoms with Crippen molar-refractivity contribution in [3.63, 3.8) is 0 Å². The molecule has 0 amide bonds. The zero-order valence-electron chi connectivity index (χ0n) is 10.5. The standard InChI is InChI=1S/C15H12N2O3/c16-9-8-10-4-6-11(7-5-10)20-14-12(15(18)19)2-1-3-13(14)17/h1-7H,8,17H2,(H,18,19). The van der Waals surface area contributed by atoms with Gasteiger partial charge in [0, 0.05) is 0 Å². The van der Waals surface area contributed by atoms with Gasteiger partial charge >= 0.3 is 5.97 Å². The number of nitriles is 1. The van der Waals surface area contributed by atoms with Crippen molar-refractivity contribution in [1.29, 1.82) is 5.26 Å². The molecular weight excluding hydrogens is 256 g/mol. The number of para-hydroxylation sites is 1. The SMILES string of the molecule is N#CCc1ccc(Oc2c(N)cccc2C(=O)O)cc1. The van der Waals surface area contributed by atoms with Crippen LogP contribution in [0.1, 0.15) is 15.9 Å². The molecule has 0 aliphatic rings. The molecule has 0 spiro atoms. The highest BCUT2D eigenvalue weighted by molar-refractivity contribution is 5.93. The number of carboxylic acid groups (broad SMARTS) is 1. The maximum Gasteiger partial charge on any atom is 0.339 e. The van der Waals surface area contributed by atoms with E-state index in [-0.39, 0.29) is 17.0 Å². The van der Waals surface area contributed by atoms with Gasteiger partial charge in [0.25, 0.3) is 0 Å². The van der Waals surface area contributed by atoms with Crippen molar-refractivity contribution >= 4 is 11.7 Å². The van der Waals surface area contributed by atoms with Crippen LogP contribution in [0.2, 0.25) is 0 Å². The molecule has 0 unspecified atom stereocenters. The molecule has 2 aromatic rings. The Morgan fingerprint density at radius 2 is 1.95 bits per heavy atom. The van der Waals surface area contributed by atoms with Gasteiger partial charge in [0.2, 0.25) is 0 Å². The normalized spacial score (nSPS) is 9.75. The van der Waals surface area contributed by atoms with E-state index < -0.39 is 5.97 Å². The van der Waals surface area contributed by atoms with E-state index in [2.05, 4.69) is 0 Å². The maximum absolute atomic E-state index is 11.1. The molecule has 20 heavy (non-hydrogen) atoms. The molecule has 0 saturated carbocycles. The van der Waals surface area contributed by atoms with Gasteiger partial charge in [-0.1, -0.05) is 18.2 Å². The number of nitrogens with two attached hydrogens (primary N) is 1. The third-order valence-electron chi connectivity index (χ3n) is 2.70. The average Bonchev–Trinajstić information content (AvgIpc) is 2.43. The summed E-state index contributed by atoms with van der Waals surface area (Å²) in [6.07, 6.45) is 0.314. The molecule has 3 N–H and O–H groups in total. The second-order valence-corrected chi connectivity index (χ2v) is 4.11. The highest BCUT2D eigenvalue weighted by atomic mass is 16.5. The predicted molar refractivity (Wildman–Crippen MR) is 73.6 cm³/mol. The van der Waals surface area contributed by atoms with Gasteiger partial charge in [-0.2, -0.15) is 5.26 Å². The van der Waals surface area contributed by atoms with Crippen molar-refractivity contribution in [2.75, 3.05) is 5.73 Å². The smallest absolute Gasteiger partial charge is 0.339 e. The molecule has 5 nitrogen and oxygen atoms in total. The summed E-state index contributed by atoms with van der Waals surface area (Å²) in [6, 6.07) is 13.4. The van der Waals surface area contributed by atoms with Crippen LogP contribution in [-0.2, 0) is 6.42 Å². The Labute approximate surface area is 115 Å². The lowest BCUT2D eigenvalue weighted by molar-refractivity contribution is 0.0694. The van der Waals surface area contributed by atoms with Crippen molar-refractivity contribution in [1.82, 2.24) is 0 Å². The minimum absolute atomic E-state index is 0.00565. The number of ether oxygens (including phenoxy) is 1. The summed E-state index contributed by atoms with van der Waals surface area (Å²) < 4.78 is 5.55. The number of aromatic carboxylic acids is 1. The number of hydrogen-bond donors (Lipinski definition) is 2. The van der Waals surface area contributed by atoms with Crippen molar-refractivity contribution < 1.29 is 14.6 Å². The molecule has 0 fully saturated rings. The van der Waals surface area contributed by atoms with E-state index in [1.165, 1.54) is 6.07 Å². The lowest BCUT2D eigenvalue weighted by Crippen LogP contribution is -2.02. The van der Waals surface area contributed by atoms with E-state index in [1.807, 2.05) is 6.07 Å². The van der Waals surface area contributed by atoms with E-state index in [0.717, 1.165) is 5.56 Å². The lowest BCUT2D eigenvalue weighted by atomic mass is 10.1. The molecule has 2 rings (SSSR count). The zero-order valence-corrected chi connectivity index (χ0v) is 10.5. The van der Waals surface area contributed by atoms with Crippen LogP contribution in [-0.4, -0.2) is 11.1 Å². The monoisotopic (exact) mass is 268 g/mol. The van der Waals surface area contributed by atoms with Crippen molar-refractivity contribution in [2.24, 2.45) is 0 Å². The van der Waals surface area contributed by atoms with Gasteiger partial charge in [-0.25, -0.2) is 4.79 Å². The Bertz CT molecular complexity index is 673. The van der Waals surface area contributed by atoms with Crippen LogP contribution in [0, 0.1) is 11.3 Å². The molecule has 0 heterocycles. The van der Waals surface area contributed by atoms with E-state index in [4.69, 9.17) is 20.8 Å². The third kappa shape index (κ3) is 2.87. The molecule has 0 bridgehead atoms. The number of carboxylic acids is 1. The minimum atomic E-state index is -1.10. The van der Waals surface area contributed by atoms with Gasteiger partial charge in [0.05, 0.1) is 18.2 Å². The highest BCUT2D eigenvalue weighted by Gasteiger charge is 2.14.